The first-order valence-electron chi connectivity index (χ1n) is 14.2. The molecule has 6 rings (SSSR count). The minimum absolute atomic E-state index is 0.0126. The number of aromatic nitrogens is 2. The molecular formula is C32H31N3O5S3. The Morgan fingerprint density at radius 3 is 2.77 bits per heavy atom. The average molecular weight is 634 g/mol. The molecule has 4 heterocycles. The molecule has 1 amide bonds. The molecule has 1 N–H and O–H groups in total. The number of esters is 1. The Hall–Kier alpha value is -3.67. The van der Waals surface area contributed by atoms with E-state index in [0.717, 1.165) is 40.9 Å². The van der Waals surface area contributed by atoms with Gasteiger partial charge in [0.25, 0.3) is 5.56 Å². The summed E-state index contributed by atoms with van der Waals surface area (Å²) in [5, 5.41) is 6.20. The zero-order valence-electron chi connectivity index (χ0n) is 24.3. The summed E-state index contributed by atoms with van der Waals surface area (Å²) in [5.74, 6) is 0.937. The predicted molar refractivity (Wildman–Crippen MR) is 173 cm³/mol. The maximum Gasteiger partial charge on any atom is 0.341 e. The van der Waals surface area contributed by atoms with Crippen LogP contribution in [-0.2, 0) is 22.4 Å². The van der Waals surface area contributed by atoms with Gasteiger partial charge in [0, 0.05) is 15.8 Å². The summed E-state index contributed by atoms with van der Waals surface area (Å²) in [6, 6.07) is 11.3. The molecule has 1 aromatic carbocycles. The van der Waals surface area contributed by atoms with Gasteiger partial charge in [0.2, 0.25) is 5.91 Å². The molecule has 0 saturated carbocycles. The van der Waals surface area contributed by atoms with Gasteiger partial charge in [-0.05, 0) is 75.3 Å². The van der Waals surface area contributed by atoms with E-state index in [-0.39, 0.29) is 29.4 Å². The lowest BCUT2D eigenvalue weighted by molar-refractivity contribution is -0.113. The Kier molecular flexibility index (Phi) is 8.30. The molecule has 11 heteroatoms. The van der Waals surface area contributed by atoms with Crippen molar-refractivity contribution < 1.29 is 18.7 Å². The fourth-order valence-corrected chi connectivity index (χ4v) is 8.59. The van der Waals surface area contributed by atoms with Gasteiger partial charge in [0.1, 0.15) is 26.9 Å². The Labute approximate surface area is 261 Å². The van der Waals surface area contributed by atoms with Crippen LogP contribution >= 0.6 is 34.4 Å². The standard InChI is InChI=1S/C32H31N3O5S3/c1-5-39-31(38)27-21(23-13-11-19(4)40-23)15-41-28(27)33-25(36)16-42-32-34-29-26(20-12-10-17(2)14-24(20)43-29)30(37)35(32)22-9-7-6-8-18(22)3/h6-9,11,13,15,17H,5,10,12,14,16H2,1-4H3,(H,33,36)/t17-/m1/s1. The minimum Gasteiger partial charge on any atom is -0.462 e. The number of carbonyl (C=O) groups excluding carboxylic acids is 2. The third-order valence-electron chi connectivity index (χ3n) is 7.52. The number of thiophene rings is 2. The molecule has 8 nitrogen and oxygen atoms in total. The van der Waals surface area contributed by atoms with E-state index in [1.165, 1.54) is 28.0 Å². The Bertz CT molecular complexity index is 1910. The lowest BCUT2D eigenvalue weighted by Crippen LogP contribution is -2.24. The summed E-state index contributed by atoms with van der Waals surface area (Å²) >= 11 is 4.03. The number of aryl methyl sites for hydroxylation is 3. The van der Waals surface area contributed by atoms with Crippen LogP contribution < -0.4 is 10.9 Å². The van der Waals surface area contributed by atoms with Crippen LogP contribution in [0, 0.1) is 19.8 Å². The maximum atomic E-state index is 14.1. The lowest BCUT2D eigenvalue weighted by atomic mass is 9.89. The molecule has 0 fully saturated rings. The first kappa shape index (κ1) is 29.4. The number of carbonyl (C=O) groups is 2. The molecule has 0 unspecified atom stereocenters. The number of hydrogen-bond acceptors (Lipinski definition) is 9. The van der Waals surface area contributed by atoms with E-state index in [2.05, 4.69) is 12.2 Å². The molecule has 5 aromatic rings. The second-order valence-corrected chi connectivity index (χ2v) is 13.6. The van der Waals surface area contributed by atoms with Crippen LogP contribution in [0.2, 0.25) is 0 Å². The van der Waals surface area contributed by atoms with Gasteiger partial charge in [-0.25, -0.2) is 9.78 Å². The highest BCUT2D eigenvalue weighted by Crippen LogP contribution is 2.39. The Morgan fingerprint density at radius 1 is 1.21 bits per heavy atom. The van der Waals surface area contributed by atoms with Crippen LogP contribution in [0.15, 0.2) is 56.1 Å². The third kappa shape index (κ3) is 5.69. The van der Waals surface area contributed by atoms with Crippen molar-refractivity contribution in [2.24, 2.45) is 5.92 Å². The Balaban J connectivity index is 1.33. The quantitative estimate of drug-likeness (QED) is 0.108. The molecule has 43 heavy (non-hydrogen) atoms. The summed E-state index contributed by atoms with van der Waals surface area (Å²) in [7, 11) is 0. The summed E-state index contributed by atoms with van der Waals surface area (Å²) < 4.78 is 12.7. The lowest BCUT2D eigenvalue weighted by Gasteiger charge is -2.18. The summed E-state index contributed by atoms with van der Waals surface area (Å²) in [5.41, 5.74) is 3.53. The van der Waals surface area contributed by atoms with Gasteiger partial charge < -0.3 is 14.5 Å². The van der Waals surface area contributed by atoms with Gasteiger partial charge in [-0.3, -0.25) is 14.2 Å². The van der Waals surface area contributed by atoms with Crippen molar-refractivity contribution in [2.45, 2.75) is 52.1 Å². The van der Waals surface area contributed by atoms with Crippen molar-refractivity contribution in [2.75, 3.05) is 17.7 Å². The zero-order chi connectivity index (χ0) is 30.2. The van der Waals surface area contributed by atoms with Crippen LogP contribution in [0.1, 0.15) is 52.4 Å². The normalized spacial score (nSPS) is 14.6. The van der Waals surface area contributed by atoms with Crippen molar-refractivity contribution in [3.05, 3.63) is 79.5 Å². The van der Waals surface area contributed by atoms with Crippen LogP contribution in [0.25, 0.3) is 27.2 Å². The number of amides is 1. The topological polar surface area (TPSA) is 103 Å². The summed E-state index contributed by atoms with van der Waals surface area (Å²) in [6.07, 6.45) is 2.88. The largest absolute Gasteiger partial charge is 0.462 e. The molecule has 4 aromatic heterocycles. The summed E-state index contributed by atoms with van der Waals surface area (Å²) in [4.78, 5) is 47.3. The van der Waals surface area contributed by atoms with Gasteiger partial charge >= 0.3 is 5.97 Å². The number of fused-ring (bicyclic) bond motifs is 3. The molecule has 0 bridgehead atoms. The molecule has 0 spiro atoms. The number of nitrogens with one attached hydrogen (secondary N) is 1. The highest BCUT2D eigenvalue weighted by Gasteiger charge is 2.27. The first-order valence-corrected chi connectivity index (χ1v) is 16.8. The number of hydrogen-bond donors (Lipinski definition) is 1. The van der Waals surface area contributed by atoms with E-state index in [1.807, 2.05) is 44.2 Å². The van der Waals surface area contributed by atoms with E-state index in [1.54, 1.807) is 34.3 Å². The van der Waals surface area contributed by atoms with Gasteiger partial charge in [-0.2, -0.15) is 0 Å². The highest BCUT2D eigenvalue weighted by atomic mass is 32.2. The first-order chi connectivity index (χ1) is 20.7. The number of ether oxygens (including phenoxy) is 1. The number of para-hydroxylation sites is 1. The van der Waals surface area contributed by atoms with Crippen molar-refractivity contribution in [3.63, 3.8) is 0 Å². The number of nitrogens with zero attached hydrogens (tertiary/aromatic N) is 2. The van der Waals surface area contributed by atoms with Crippen LogP contribution in [0.5, 0.6) is 0 Å². The van der Waals surface area contributed by atoms with Crippen LogP contribution in [-0.4, -0.2) is 33.8 Å². The van der Waals surface area contributed by atoms with Crippen molar-refractivity contribution in [1.29, 1.82) is 0 Å². The van der Waals surface area contributed by atoms with Gasteiger partial charge in [-0.15, -0.1) is 22.7 Å². The van der Waals surface area contributed by atoms with Crippen LogP contribution in [0.3, 0.4) is 0 Å². The molecule has 222 valence electrons. The van der Waals surface area contributed by atoms with Crippen molar-refractivity contribution in [1.82, 2.24) is 9.55 Å². The molecule has 1 aliphatic carbocycles. The molecule has 1 aliphatic rings. The van der Waals surface area contributed by atoms with Gasteiger partial charge in [-0.1, -0.05) is 36.9 Å². The molecule has 0 saturated heterocycles. The van der Waals surface area contributed by atoms with Gasteiger partial charge in [0.05, 0.1) is 23.4 Å². The SMILES string of the molecule is CCOC(=O)c1c(-c2ccc(C)o2)csc1NC(=O)CSc1nc2sc3c(c2c(=O)n1-c1ccccc1C)CC[C@@H](C)C3. The van der Waals surface area contributed by atoms with E-state index >= 15 is 0 Å². The van der Waals surface area contributed by atoms with Gasteiger partial charge in [0.15, 0.2) is 5.16 Å². The highest BCUT2D eigenvalue weighted by molar-refractivity contribution is 7.99. The third-order valence-corrected chi connectivity index (χ3v) is 10.5. The molecule has 0 radical (unpaired) electrons. The van der Waals surface area contributed by atoms with E-state index in [0.29, 0.717) is 38.5 Å². The molecular weight excluding hydrogens is 603 g/mol. The van der Waals surface area contributed by atoms with E-state index in [9.17, 15) is 14.4 Å². The Morgan fingerprint density at radius 2 is 2.02 bits per heavy atom. The predicted octanol–water partition coefficient (Wildman–Crippen LogP) is 7.42. The molecule has 0 aliphatic heterocycles. The smallest absolute Gasteiger partial charge is 0.341 e. The number of furan rings is 1. The van der Waals surface area contributed by atoms with Crippen molar-refractivity contribution in [3.8, 4) is 17.0 Å². The second kappa shape index (κ2) is 12.1. The van der Waals surface area contributed by atoms with E-state index in [4.69, 9.17) is 14.1 Å². The number of anilines is 1. The fourth-order valence-electron chi connectivity index (χ4n) is 5.40. The maximum absolute atomic E-state index is 14.1. The monoisotopic (exact) mass is 633 g/mol. The average Bonchev–Trinajstić information content (AvgIpc) is 3.69. The second-order valence-electron chi connectivity index (χ2n) is 10.7. The van der Waals surface area contributed by atoms with Crippen molar-refractivity contribution >= 4 is 61.5 Å². The number of rotatable bonds is 8. The number of benzene rings is 1. The van der Waals surface area contributed by atoms with Crippen LogP contribution in [0.4, 0.5) is 5.00 Å². The molecule has 1 atom stereocenters. The van der Waals surface area contributed by atoms with E-state index < -0.39 is 5.97 Å². The fraction of sp³-hybridized carbons (Fsp3) is 0.312. The summed E-state index contributed by atoms with van der Waals surface area (Å²) in [6.45, 7) is 7.96. The minimum atomic E-state index is -0.535. The number of thioether (sulfide) groups is 1. The zero-order valence-corrected chi connectivity index (χ0v) is 26.8.